The summed E-state index contributed by atoms with van der Waals surface area (Å²) in [5.41, 5.74) is 7.07. The summed E-state index contributed by atoms with van der Waals surface area (Å²) in [6.07, 6.45) is 1.85. The van der Waals surface area contributed by atoms with E-state index >= 15 is 0 Å². The van der Waals surface area contributed by atoms with E-state index in [0.29, 0.717) is 31.2 Å². The number of nitrogens with one attached hydrogen (secondary N) is 1. The average molecular weight is 283 g/mol. The van der Waals surface area contributed by atoms with Gasteiger partial charge in [0.1, 0.15) is 0 Å². The lowest BCUT2D eigenvalue weighted by molar-refractivity contribution is 0.289. The summed E-state index contributed by atoms with van der Waals surface area (Å²) < 4.78 is 28.5. The molecule has 1 aliphatic rings. The summed E-state index contributed by atoms with van der Waals surface area (Å²) in [7, 11) is -3.43. The van der Waals surface area contributed by atoms with Crippen molar-refractivity contribution in [1.82, 2.24) is 4.31 Å². The SMILES string of the molecule is CC1CCN(S(=O)(=O)Nc2ccc(CN)cc2)CC1. The first-order chi connectivity index (χ1) is 9.01. The fourth-order valence-corrected chi connectivity index (χ4v) is 3.40. The molecule has 5 nitrogen and oxygen atoms in total. The van der Waals surface area contributed by atoms with E-state index in [0.717, 1.165) is 18.4 Å². The number of hydrogen-bond donors (Lipinski definition) is 2. The van der Waals surface area contributed by atoms with Crippen molar-refractivity contribution in [1.29, 1.82) is 0 Å². The lowest BCUT2D eigenvalue weighted by atomic mass is 10.0. The minimum Gasteiger partial charge on any atom is -0.326 e. The number of nitrogens with two attached hydrogens (primary N) is 1. The Kier molecular flexibility index (Phi) is 4.44. The van der Waals surface area contributed by atoms with E-state index in [4.69, 9.17) is 5.73 Å². The number of hydrogen-bond acceptors (Lipinski definition) is 3. The molecule has 0 spiro atoms. The molecule has 0 amide bonds. The van der Waals surface area contributed by atoms with Crippen LogP contribution < -0.4 is 10.5 Å². The molecule has 1 aliphatic heterocycles. The molecule has 2 rings (SSSR count). The van der Waals surface area contributed by atoms with Crippen molar-refractivity contribution in [2.45, 2.75) is 26.3 Å². The molecule has 0 unspecified atom stereocenters. The Labute approximate surface area is 115 Å². The van der Waals surface area contributed by atoms with Gasteiger partial charge in [-0.2, -0.15) is 12.7 Å². The maximum Gasteiger partial charge on any atom is 0.301 e. The van der Waals surface area contributed by atoms with Crippen molar-refractivity contribution < 1.29 is 8.42 Å². The van der Waals surface area contributed by atoms with Crippen molar-refractivity contribution in [3.63, 3.8) is 0 Å². The summed E-state index contributed by atoms with van der Waals surface area (Å²) in [6.45, 7) is 3.80. The van der Waals surface area contributed by atoms with Gasteiger partial charge in [0, 0.05) is 25.3 Å². The number of piperidine rings is 1. The number of nitrogens with zero attached hydrogens (tertiary/aromatic N) is 1. The normalized spacial score (nSPS) is 18.4. The molecule has 0 bridgehead atoms. The molecular weight excluding hydrogens is 262 g/mol. The van der Waals surface area contributed by atoms with Crippen LogP contribution in [0.5, 0.6) is 0 Å². The molecule has 1 heterocycles. The minimum atomic E-state index is -3.43. The number of benzene rings is 1. The fourth-order valence-electron chi connectivity index (χ4n) is 2.15. The first kappa shape index (κ1) is 14.3. The Morgan fingerprint density at radius 2 is 1.84 bits per heavy atom. The highest BCUT2D eigenvalue weighted by Gasteiger charge is 2.26. The van der Waals surface area contributed by atoms with Crippen molar-refractivity contribution in [3.05, 3.63) is 29.8 Å². The second kappa shape index (κ2) is 5.90. The molecule has 0 aromatic heterocycles. The third kappa shape index (κ3) is 3.68. The fraction of sp³-hybridized carbons (Fsp3) is 0.538. The average Bonchev–Trinajstić information content (AvgIpc) is 2.40. The quantitative estimate of drug-likeness (QED) is 0.880. The van der Waals surface area contributed by atoms with E-state index in [1.807, 2.05) is 12.1 Å². The maximum absolute atomic E-state index is 12.2. The van der Waals surface area contributed by atoms with E-state index < -0.39 is 10.2 Å². The Morgan fingerprint density at radius 1 is 1.26 bits per heavy atom. The van der Waals surface area contributed by atoms with Crippen LogP contribution in [-0.4, -0.2) is 25.8 Å². The summed E-state index contributed by atoms with van der Waals surface area (Å²) in [5.74, 6) is 0.607. The van der Waals surface area contributed by atoms with E-state index in [1.165, 1.54) is 4.31 Å². The van der Waals surface area contributed by atoms with E-state index in [-0.39, 0.29) is 0 Å². The van der Waals surface area contributed by atoms with Gasteiger partial charge in [-0.3, -0.25) is 4.72 Å². The van der Waals surface area contributed by atoms with Crippen molar-refractivity contribution >= 4 is 15.9 Å². The number of rotatable bonds is 4. The Balaban J connectivity index is 2.03. The topological polar surface area (TPSA) is 75.4 Å². The van der Waals surface area contributed by atoms with Crippen LogP contribution >= 0.6 is 0 Å². The van der Waals surface area contributed by atoms with Gasteiger partial charge in [0.25, 0.3) is 0 Å². The molecule has 6 heteroatoms. The molecule has 1 aromatic carbocycles. The molecule has 0 aliphatic carbocycles. The Hall–Kier alpha value is -1.11. The first-order valence-corrected chi connectivity index (χ1v) is 8.02. The predicted molar refractivity (Wildman–Crippen MR) is 76.8 cm³/mol. The third-order valence-electron chi connectivity index (χ3n) is 3.52. The molecular formula is C13H21N3O2S. The van der Waals surface area contributed by atoms with Gasteiger partial charge in [0.15, 0.2) is 0 Å². The molecule has 0 saturated carbocycles. The number of anilines is 1. The maximum atomic E-state index is 12.2. The Morgan fingerprint density at radius 3 is 2.37 bits per heavy atom. The van der Waals surface area contributed by atoms with Gasteiger partial charge in [-0.1, -0.05) is 19.1 Å². The zero-order chi connectivity index (χ0) is 13.9. The highest BCUT2D eigenvalue weighted by molar-refractivity contribution is 7.90. The monoisotopic (exact) mass is 283 g/mol. The van der Waals surface area contributed by atoms with Crippen LogP contribution in [0.15, 0.2) is 24.3 Å². The van der Waals surface area contributed by atoms with Gasteiger partial charge < -0.3 is 5.73 Å². The first-order valence-electron chi connectivity index (χ1n) is 6.58. The van der Waals surface area contributed by atoms with E-state index in [2.05, 4.69) is 11.6 Å². The largest absolute Gasteiger partial charge is 0.326 e. The van der Waals surface area contributed by atoms with Crippen LogP contribution in [0.4, 0.5) is 5.69 Å². The molecule has 3 N–H and O–H groups in total. The zero-order valence-electron chi connectivity index (χ0n) is 11.2. The second-order valence-electron chi connectivity index (χ2n) is 5.09. The third-order valence-corrected chi connectivity index (χ3v) is 5.06. The summed E-state index contributed by atoms with van der Waals surface area (Å²) in [4.78, 5) is 0. The van der Waals surface area contributed by atoms with Crippen LogP contribution in [0.3, 0.4) is 0 Å². The van der Waals surface area contributed by atoms with Gasteiger partial charge in [0.2, 0.25) is 0 Å². The van der Waals surface area contributed by atoms with Gasteiger partial charge in [-0.05, 0) is 36.5 Å². The predicted octanol–water partition coefficient (Wildman–Crippen LogP) is 1.53. The second-order valence-corrected chi connectivity index (χ2v) is 6.76. The summed E-state index contributed by atoms with van der Waals surface area (Å²) in [6, 6.07) is 7.14. The minimum absolute atomic E-state index is 0.455. The van der Waals surface area contributed by atoms with Gasteiger partial charge >= 0.3 is 10.2 Å². The van der Waals surface area contributed by atoms with Crippen molar-refractivity contribution in [2.75, 3.05) is 17.8 Å². The van der Waals surface area contributed by atoms with Gasteiger partial charge in [-0.15, -0.1) is 0 Å². The molecule has 1 fully saturated rings. The summed E-state index contributed by atoms with van der Waals surface area (Å²) in [5, 5.41) is 0. The smallest absolute Gasteiger partial charge is 0.301 e. The van der Waals surface area contributed by atoms with Crippen LogP contribution in [0.1, 0.15) is 25.3 Å². The highest BCUT2D eigenvalue weighted by Crippen LogP contribution is 2.20. The van der Waals surface area contributed by atoms with E-state index in [1.54, 1.807) is 12.1 Å². The molecule has 1 saturated heterocycles. The Bertz CT molecular complexity index is 505. The van der Waals surface area contributed by atoms with E-state index in [9.17, 15) is 8.42 Å². The molecule has 106 valence electrons. The standard InChI is InChI=1S/C13H21N3O2S/c1-11-6-8-16(9-7-11)19(17,18)15-13-4-2-12(10-14)3-5-13/h2-5,11,15H,6-10,14H2,1H3. The zero-order valence-corrected chi connectivity index (χ0v) is 12.0. The van der Waals surface area contributed by atoms with Crippen LogP contribution in [0.25, 0.3) is 0 Å². The summed E-state index contributed by atoms with van der Waals surface area (Å²) >= 11 is 0. The van der Waals surface area contributed by atoms with Crippen molar-refractivity contribution in [2.24, 2.45) is 11.7 Å². The highest BCUT2D eigenvalue weighted by atomic mass is 32.2. The van der Waals surface area contributed by atoms with Crippen molar-refractivity contribution in [3.8, 4) is 0 Å². The van der Waals surface area contributed by atoms with Crippen LogP contribution in [-0.2, 0) is 16.8 Å². The molecule has 19 heavy (non-hydrogen) atoms. The molecule has 0 atom stereocenters. The lowest BCUT2D eigenvalue weighted by Crippen LogP contribution is -2.41. The van der Waals surface area contributed by atoms with Crippen LogP contribution in [0.2, 0.25) is 0 Å². The molecule has 1 aromatic rings. The van der Waals surface area contributed by atoms with Gasteiger partial charge in [0.05, 0.1) is 0 Å². The molecule has 0 radical (unpaired) electrons. The van der Waals surface area contributed by atoms with Crippen LogP contribution in [0, 0.1) is 5.92 Å². The van der Waals surface area contributed by atoms with Gasteiger partial charge in [-0.25, -0.2) is 0 Å². The lowest BCUT2D eigenvalue weighted by Gasteiger charge is -2.29.